The van der Waals surface area contributed by atoms with Gasteiger partial charge in [0, 0.05) is 44.3 Å². The molecule has 2 aromatic heterocycles. The molecule has 0 radical (unpaired) electrons. The molecule has 204 valence electrons. The summed E-state index contributed by atoms with van der Waals surface area (Å²) in [5.74, 6) is -0.129. The van der Waals surface area contributed by atoms with Gasteiger partial charge in [0.2, 0.25) is 0 Å². The molecule has 1 aromatic carbocycles. The van der Waals surface area contributed by atoms with Crippen molar-refractivity contribution < 1.29 is 32.2 Å². The second-order valence-corrected chi connectivity index (χ2v) is 9.65. The van der Waals surface area contributed by atoms with Gasteiger partial charge in [-0.05, 0) is 37.1 Å². The van der Waals surface area contributed by atoms with Crippen LogP contribution in [0.5, 0.6) is 5.75 Å². The van der Waals surface area contributed by atoms with Crippen molar-refractivity contribution in [2.75, 3.05) is 45.9 Å². The van der Waals surface area contributed by atoms with Gasteiger partial charge in [-0.1, -0.05) is 6.07 Å². The molecule has 2 aliphatic heterocycles. The first-order chi connectivity index (χ1) is 18.1. The van der Waals surface area contributed by atoms with Gasteiger partial charge in [-0.2, -0.15) is 13.2 Å². The highest BCUT2D eigenvalue weighted by Crippen LogP contribution is 2.41. The van der Waals surface area contributed by atoms with E-state index in [4.69, 9.17) is 14.3 Å². The normalized spacial score (nSPS) is 21.0. The van der Waals surface area contributed by atoms with E-state index in [0.29, 0.717) is 79.4 Å². The summed E-state index contributed by atoms with van der Waals surface area (Å²) >= 11 is 0. The van der Waals surface area contributed by atoms with Crippen LogP contribution in [0.2, 0.25) is 0 Å². The average molecular weight is 536 g/mol. The average Bonchev–Trinajstić information content (AvgIpc) is 3.25. The number of carbonyl (C=O) groups is 1. The van der Waals surface area contributed by atoms with Gasteiger partial charge in [-0.15, -0.1) is 0 Å². The van der Waals surface area contributed by atoms with Crippen molar-refractivity contribution in [3.05, 3.63) is 57.8 Å². The van der Waals surface area contributed by atoms with Gasteiger partial charge in [0.15, 0.2) is 5.58 Å². The van der Waals surface area contributed by atoms with Crippen molar-refractivity contribution in [1.82, 2.24) is 24.7 Å². The smallest absolute Gasteiger partial charge is 0.417 e. The number of piperazine rings is 1. The van der Waals surface area contributed by atoms with E-state index < -0.39 is 36.7 Å². The number of alkyl halides is 3. The molecule has 1 saturated heterocycles. The number of hydrogen-bond acceptors (Lipinski definition) is 7. The van der Waals surface area contributed by atoms with E-state index in [0.717, 1.165) is 0 Å². The second-order valence-electron chi connectivity index (χ2n) is 9.65. The molecule has 0 saturated carbocycles. The molecule has 1 amide bonds. The molecule has 38 heavy (non-hydrogen) atoms. The Labute approximate surface area is 215 Å². The number of H-pyrrole nitrogens is 1. The molecule has 0 unspecified atom stereocenters. The molecule has 0 spiro atoms. The molecule has 10 nitrogen and oxygen atoms in total. The maximum atomic E-state index is 13.6. The van der Waals surface area contributed by atoms with E-state index in [1.165, 1.54) is 16.0 Å². The zero-order valence-electron chi connectivity index (χ0n) is 20.7. The number of ether oxygens (including phenoxy) is 1. The summed E-state index contributed by atoms with van der Waals surface area (Å²) in [6.07, 6.45) is -3.54. The lowest BCUT2D eigenvalue weighted by Gasteiger charge is -2.41. The summed E-state index contributed by atoms with van der Waals surface area (Å²) in [5.41, 5.74) is 2.60. The number of halogens is 3. The van der Waals surface area contributed by atoms with Crippen molar-refractivity contribution in [3.63, 3.8) is 0 Å². The number of rotatable bonds is 6. The number of fused-ring (bicyclic) bond motifs is 3. The molecule has 2 atom stereocenters. The molecular weight excluding hydrogens is 507 g/mol. The van der Waals surface area contributed by atoms with Gasteiger partial charge in [0.1, 0.15) is 12.4 Å². The largest absolute Gasteiger partial charge is 0.491 e. The van der Waals surface area contributed by atoms with Crippen molar-refractivity contribution in [1.29, 1.82) is 0 Å². The van der Waals surface area contributed by atoms with Crippen LogP contribution in [-0.4, -0.2) is 94.0 Å². The zero-order chi connectivity index (χ0) is 27.0. The van der Waals surface area contributed by atoms with Gasteiger partial charge in [0.05, 0.1) is 30.0 Å². The lowest BCUT2D eigenvalue weighted by atomic mass is 9.86. The SMILES string of the molecule is C[C@@H]1Cc2c(ccc3[nH]c(=O)oc23)[C@@H](c2ccc(OCCN3CCN(C(=O)O)CC3)cn2)N1CC(F)(F)F. The summed E-state index contributed by atoms with van der Waals surface area (Å²) in [7, 11) is 0. The lowest BCUT2D eigenvalue weighted by Crippen LogP contribution is -2.49. The number of aromatic nitrogens is 2. The van der Waals surface area contributed by atoms with Crippen LogP contribution in [0.1, 0.15) is 29.8 Å². The first kappa shape index (κ1) is 26.0. The number of aromatic amines is 1. The van der Waals surface area contributed by atoms with Crippen LogP contribution in [0.15, 0.2) is 39.7 Å². The van der Waals surface area contributed by atoms with Crippen molar-refractivity contribution in [3.8, 4) is 5.75 Å². The fourth-order valence-electron chi connectivity index (χ4n) is 5.28. The lowest BCUT2D eigenvalue weighted by molar-refractivity contribution is -0.155. The Morgan fingerprint density at radius 2 is 1.97 bits per heavy atom. The highest BCUT2D eigenvalue weighted by molar-refractivity contribution is 5.78. The van der Waals surface area contributed by atoms with E-state index in [1.54, 1.807) is 31.2 Å². The number of nitrogens with one attached hydrogen (secondary N) is 1. The fourth-order valence-corrected chi connectivity index (χ4v) is 5.28. The van der Waals surface area contributed by atoms with E-state index in [-0.39, 0.29) is 0 Å². The van der Waals surface area contributed by atoms with E-state index in [9.17, 15) is 22.8 Å². The maximum Gasteiger partial charge on any atom is 0.417 e. The third-order valence-corrected chi connectivity index (χ3v) is 7.14. The van der Waals surface area contributed by atoms with E-state index in [1.807, 2.05) is 0 Å². The summed E-state index contributed by atoms with van der Waals surface area (Å²) in [4.78, 5) is 34.8. The number of carboxylic acid groups (broad SMARTS) is 1. The predicted molar refractivity (Wildman–Crippen MR) is 130 cm³/mol. The van der Waals surface area contributed by atoms with Crippen LogP contribution < -0.4 is 10.5 Å². The third kappa shape index (κ3) is 5.48. The van der Waals surface area contributed by atoms with Crippen molar-refractivity contribution in [2.45, 2.75) is 31.6 Å². The molecule has 2 N–H and O–H groups in total. The Kier molecular flexibility index (Phi) is 7.05. The number of hydrogen-bond donors (Lipinski definition) is 2. The number of amides is 1. The quantitative estimate of drug-likeness (QED) is 0.495. The molecule has 2 aliphatic rings. The summed E-state index contributed by atoms with van der Waals surface area (Å²) in [6.45, 7) is 3.72. The monoisotopic (exact) mass is 535 g/mol. The highest BCUT2D eigenvalue weighted by Gasteiger charge is 2.42. The van der Waals surface area contributed by atoms with Gasteiger partial charge in [0.25, 0.3) is 0 Å². The van der Waals surface area contributed by atoms with Crippen molar-refractivity contribution in [2.24, 2.45) is 0 Å². The van der Waals surface area contributed by atoms with Crippen LogP contribution in [0.3, 0.4) is 0 Å². The van der Waals surface area contributed by atoms with E-state index >= 15 is 0 Å². The maximum absolute atomic E-state index is 13.6. The predicted octanol–water partition coefficient (Wildman–Crippen LogP) is 3.09. The molecule has 0 aliphatic carbocycles. The van der Waals surface area contributed by atoms with Crippen LogP contribution in [-0.2, 0) is 6.42 Å². The van der Waals surface area contributed by atoms with Gasteiger partial charge in [-0.3, -0.25) is 19.8 Å². The van der Waals surface area contributed by atoms with Crippen LogP contribution in [0.25, 0.3) is 11.1 Å². The van der Waals surface area contributed by atoms with Gasteiger partial charge < -0.3 is 19.2 Å². The Morgan fingerprint density at radius 1 is 1.21 bits per heavy atom. The molecule has 4 heterocycles. The number of nitrogens with zero attached hydrogens (tertiary/aromatic N) is 4. The first-order valence-electron chi connectivity index (χ1n) is 12.3. The summed E-state index contributed by atoms with van der Waals surface area (Å²) in [6, 6.07) is 5.43. The Bertz CT molecular complexity index is 1350. The zero-order valence-corrected chi connectivity index (χ0v) is 20.7. The molecular formula is C25H28F3N5O5. The summed E-state index contributed by atoms with van der Waals surface area (Å²) < 4.78 is 51.9. The van der Waals surface area contributed by atoms with Gasteiger partial charge >= 0.3 is 18.0 Å². The van der Waals surface area contributed by atoms with Crippen LogP contribution in [0.4, 0.5) is 18.0 Å². The molecule has 1 fully saturated rings. The number of pyridine rings is 1. The highest BCUT2D eigenvalue weighted by atomic mass is 19.4. The summed E-state index contributed by atoms with van der Waals surface area (Å²) in [5, 5.41) is 9.05. The third-order valence-electron chi connectivity index (χ3n) is 7.14. The number of oxazole rings is 1. The number of benzene rings is 1. The van der Waals surface area contributed by atoms with Crippen molar-refractivity contribution >= 4 is 17.2 Å². The Balaban J connectivity index is 1.34. The fraction of sp³-hybridized carbons (Fsp3) is 0.480. The van der Waals surface area contributed by atoms with Crippen LogP contribution >= 0.6 is 0 Å². The minimum absolute atomic E-state index is 0.294. The van der Waals surface area contributed by atoms with E-state index in [2.05, 4.69) is 14.9 Å². The topological polar surface area (TPSA) is 115 Å². The Morgan fingerprint density at radius 3 is 2.63 bits per heavy atom. The minimum atomic E-state index is -4.41. The Hall–Kier alpha value is -3.58. The van der Waals surface area contributed by atoms with Gasteiger partial charge in [-0.25, -0.2) is 9.59 Å². The van der Waals surface area contributed by atoms with Crippen LogP contribution in [0, 0.1) is 0 Å². The minimum Gasteiger partial charge on any atom is -0.491 e. The molecule has 13 heteroatoms. The molecule has 0 bridgehead atoms. The second kappa shape index (κ2) is 10.3. The first-order valence-corrected chi connectivity index (χ1v) is 12.3. The molecule has 5 rings (SSSR count). The standard InChI is InChI=1S/C25H28F3N5O5/c1-15-12-18-17(3-5-20-22(18)38-23(34)30-20)21(33(15)14-25(26,27)28)19-4-2-16(13-29-19)37-11-10-31-6-8-32(9-7-31)24(35)36/h2-5,13,15,21H,6-12,14H2,1H3,(H,30,34)(H,35,36)/t15-,21+/m1/s1. The molecule has 3 aromatic rings.